The predicted molar refractivity (Wildman–Crippen MR) is 127 cm³/mol. The van der Waals surface area contributed by atoms with Gasteiger partial charge in [-0.25, -0.2) is 9.67 Å². The maximum atomic E-state index is 13.3. The molecule has 0 saturated heterocycles. The Hall–Kier alpha value is -4.25. The highest BCUT2D eigenvalue weighted by atomic mass is 16.5. The number of para-hydroxylation sites is 2. The Balaban J connectivity index is 1.54. The highest BCUT2D eigenvalue weighted by Gasteiger charge is 2.36. The normalized spacial score (nSPS) is 14.4. The van der Waals surface area contributed by atoms with E-state index in [0.29, 0.717) is 23.7 Å². The van der Waals surface area contributed by atoms with Crippen LogP contribution in [0.15, 0.2) is 91.0 Å². The SMILES string of the molecule is Cc1nn(-c2ccccc2)c2c1C(CC(=O)c1ccccc1)c1cc3ccccc3nc1O2. The molecule has 33 heavy (non-hydrogen) atoms. The van der Waals surface area contributed by atoms with Crippen LogP contribution >= 0.6 is 0 Å². The van der Waals surface area contributed by atoms with Crippen molar-refractivity contribution in [1.82, 2.24) is 14.8 Å². The molecule has 1 aliphatic rings. The first kappa shape index (κ1) is 19.4. The van der Waals surface area contributed by atoms with E-state index in [1.807, 2.05) is 96.5 Å². The zero-order chi connectivity index (χ0) is 22.4. The van der Waals surface area contributed by atoms with Gasteiger partial charge in [-0.15, -0.1) is 0 Å². The second kappa shape index (κ2) is 7.71. The van der Waals surface area contributed by atoms with E-state index in [1.54, 1.807) is 0 Å². The van der Waals surface area contributed by atoms with E-state index in [1.165, 1.54) is 0 Å². The largest absolute Gasteiger partial charge is 0.420 e. The second-order valence-electron chi connectivity index (χ2n) is 8.28. The molecule has 3 heterocycles. The van der Waals surface area contributed by atoms with Gasteiger partial charge < -0.3 is 4.74 Å². The molecule has 0 amide bonds. The number of carbonyl (C=O) groups excluding carboxylic acids is 1. The number of carbonyl (C=O) groups is 1. The van der Waals surface area contributed by atoms with Crippen LogP contribution in [0.4, 0.5) is 0 Å². The van der Waals surface area contributed by atoms with Crippen molar-refractivity contribution in [2.75, 3.05) is 0 Å². The first-order valence-corrected chi connectivity index (χ1v) is 11.0. The Labute approximate surface area is 191 Å². The van der Waals surface area contributed by atoms with Crippen LogP contribution in [0.25, 0.3) is 16.6 Å². The molecule has 160 valence electrons. The fraction of sp³-hybridized carbons (Fsp3) is 0.107. The number of nitrogens with zero attached hydrogens (tertiary/aromatic N) is 3. The summed E-state index contributed by atoms with van der Waals surface area (Å²) < 4.78 is 8.20. The van der Waals surface area contributed by atoms with Gasteiger partial charge in [-0.1, -0.05) is 66.7 Å². The van der Waals surface area contributed by atoms with Crippen molar-refractivity contribution >= 4 is 16.7 Å². The van der Waals surface area contributed by atoms with Gasteiger partial charge >= 0.3 is 0 Å². The van der Waals surface area contributed by atoms with Crippen LogP contribution in [0.5, 0.6) is 11.8 Å². The molecule has 1 atom stereocenters. The van der Waals surface area contributed by atoms with Gasteiger partial charge in [-0.2, -0.15) is 5.10 Å². The molecule has 0 spiro atoms. The van der Waals surface area contributed by atoms with Gasteiger partial charge in [0.2, 0.25) is 11.8 Å². The van der Waals surface area contributed by atoms with E-state index in [-0.39, 0.29) is 11.7 Å². The van der Waals surface area contributed by atoms with Crippen molar-refractivity contribution in [2.45, 2.75) is 19.3 Å². The number of hydrogen-bond donors (Lipinski definition) is 0. The van der Waals surface area contributed by atoms with E-state index in [2.05, 4.69) is 6.07 Å². The molecular weight excluding hydrogens is 410 g/mol. The van der Waals surface area contributed by atoms with Crippen LogP contribution in [0.1, 0.15) is 39.5 Å². The Morgan fingerprint density at radius 3 is 2.42 bits per heavy atom. The van der Waals surface area contributed by atoms with E-state index in [0.717, 1.165) is 33.4 Å². The van der Waals surface area contributed by atoms with Crippen molar-refractivity contribution < 1.29 is 9.53 Å². The number of benzene rings is 3. The molecule has 1 unspecified atom stereocenters. The summed E-state index contributed by atoms with van der Waals surface area (Å²) in [5, 5.41) is 5.82. The monoisotopic (exact) mass is 431 g/mol. The summed E-state index contributed by atoms with van der Waals surface area (Å²) in [5.74, 6) is 1.04. The Morgan fingerprint density at radius 1 is 0.939 bits per heavy atom. The third-order valence-electron chi connectivity index (χ3n) is 6.18. The molecule has 6 rings (SSSR count). The van der Waals surface area contributed by atoms with E-state index in [4.69, 9.17) is 14.8 Å². The van der Waals surface area contributed by atoms with Crippen LogP contribution in [0.2, 0.25) is 0 Å². The Bertz CT molecular complexity index is 1490. The fourth-order valence-electron chi connectivity index (χ4n) is 4.59. The number of rotatable bonds is 4. The lowest BCUT2D eigenvalue weighted by molar-refractivity contribution is 0.0976. The molecule has 5 aromatic rings. The lowest BCUT2D eigenvalue weighted by Gasteiger charge is -2.26. The van der Waals surface area contributed by atoms with Gasteiger partial charge in [0.1, 0.15) is 0 Å². The van der Waals surface area contributed by atoms with E-state index < -0.39 is 0 Å². The van der Waals surface area contributed by atoms with Gasteiger partial charge in [-0.05, 0) is 31.2 Å². The molecule has 2 aromatic heterocycles. The van der Waals surface area contributed by atoms with Gasteiger partial charge in [0.15, 0.2) is 5.78 Å². The topological polar surface area (TPSA) is 57.0 Å². The van der Waals surface area contributed by atoms with Crippen molar-refractivity contribution in [1.29, 1.82) is 0 Å². The van der Waals surface area contributed by atoms with Crippen LogP contribution in [0.3, 0.4) is 0 Å². The quantitative estimate of drug-likeness (QED) is 0.316. The third-order valence-corrected chi connectivity index (χ3v) is 6.18. The predicted octanol–water partition coefficient (Wildman–Crippen LogP) is 6.24. The molecule has 0 fully saturated rings. The number of fused-ring (bicyclic) bond motifs is 3. The number of ketones is 1. The van der Waals surface area contributed by atoms with Crippen LogP contribution in [-0.4, -0.2) is 20.5 Å². The summed E-state index contributed by atoms with van der Waals surface area (Å²) in [4.78, 5) is 18.1. The van der Waals surface area contributed by atoms with E-state index in [9.17, 15) is 4.79 Å². The molecule has 0 radical (unpaired) electrons. The maximum absolute atomic E-state index is 13.3. The minimum Gasteiger partial charge on any atom is -0.420 e. The number of hydrogen-bond acceptors (Lipinski definition) is 4. The van der Waals surface area contributed by atoms with Crippen molar-refractivity contribution in [3.05, 3.63) is 113 Å². The Morgan fingerprint density at radius 2 is 1.64 bits per heavy atom. The highest BCUT2D eigenvalue weighted by Crippen LogP contribution is 2.48. The standard InChI is InChI=1S/C28H21N3O2/c1-18-26-22(17-25(32)19-10-4-2-5-11-19)23-16-20-12-8-9-15-24(20)29-27(23)33-28(26)31(30-18)21-13-6-3-7-14-21/h2-16,22H,17H2,1H3. The fourth-order valence-corrected chi connectivity index (χ4v) is 4.59. The first-order valence-electron chi connectivity index (χ1n) is 11.0. The van der Waals surface area contributed by atoms with Gasteiger partial charge in [0.25, 0.3) is 0 Å². The van der Waals surface area contributed by atoms with Crippen molar-refractivity contribution in [3.63, 3.8) is 0 Å². The molecule has 0 aliphatic carbocycles. The lowest BCUT2D eigenvalue weighted by Crippen LogP contribution is -2.16. The molecule has 5 nitrogen and oxygen atoms in total. The maximum Gasteiger partial charge on any atom is 0.228 e. The zero-order valence-corrected chi connectivity index (χ0v) is 18.1. The molecule has 1 aliphatic heterocycles. The summed E-state index contributed by atoms with van der Waals surface area (Å²) in [5.41, 5.74) is 5.16. The summed E-state index contributed by atoms with van der Waals surface area (Å²) in [6, 6.07) is 29.4. The summed E-state index contributed by atoms with van der Waals surface area (Å²) in [6.07, 6.45) is 0.314. The van der Waals surface area contributed by atoms with Gasteiger partial charge in [-0.3, -0.25) is 4.79 Å². The number of aromatic nitrogens is 3. The average molecular weight is 431 g/mol. The third kappa shape index (κ3) is 3.29. The molecule has 3 aromatic carbocycles. The zero-order valence-electron chi connectivity index (χ0n) is 18.1. The molecule has 0 N–H and O–H groups in total. The van der Waals surface area contributed by atoms with Gasteiger partial charge in [0, 0.05) is 34.4 Å². The molecule has 0 saturated carbocycles. The Kier molecular flexibility index (Phi) is 4.54. The molecule has 5 heteroatoms. The number of aryl methyl sites for hydroxylation is 1. The van der Waals surface area contributed by atoms with Crippen LogP contribution < -0.4 is 4.74 Å². The second-order valence-corrected chi connectivity index (χ2v) is 8.28. The minimum absolute atomic E-state index is 0.0828. The highest BCUT2D eigenvalue weighted by molar-refractivity contribution is 5.97. The van der Waals surface area contributed by atoms with Crippen LogP contribution in [0, 0.1) is 6.92 Å². The van der Waals surface area contributed by atoms with Crippen LogP contribution in [-0.2, 0) is 0 Å². The summed E-state index contributed by atoms with van der Waals surface area (Å²) in [7, 11) is 0. The lowest BCUT2D eigenvalue weighted by atomic mass is 9.84. The van der Waals surface area contributed by atoms with E-state index >= 15 is 0 Å². The molecular formula is C28H21N3O2. The average Bonchev–Trinajstić information content (AvgIpc) is 3.19. The summed E-state index contributed by atoms with van der Waals surface area (Å²) >= 11 is 0. The van der Waals surface area contributed by atoms with Crippen molar-refractivity contribution in [3.8, 4) is 17.4 Å². The molecule has 0 bridgehead atoms. The number of pyridine rings is 1. The minimum atomic E-state index is -0.203. The number of Topliss-reactive ketones (excluding diaryl/α,β-unsaturated/α-hetero) is 1. The number of ether oxygens (including phenoxy) is 1. The van der Waals surface area contributed by atoms with Crippen molar-refractivity contribution in [2.24, 2.45) is 0 Å². The summed E-state index contributed by atoms with van der Waals surface area (Å²) in [6.45, 7) is 1.97. The smallest absolute Gasteiger partial charge is 0.228 e. The van der Waals surface area contributed by atoms with Gasteiger partial charge in [0.05, 0.1) is 16.9 Å². The first-order chi connectivity index (χ1) is 16.2.